The van der Waals surface area contributed by atoms with Crippen LogP contribution in [-0.4, -0.2) is 6.61 Å². The molecular weight excluding hydrogens is 205 g/mol. The molecule has 0 amide bonds. The molecule has 78 valence electrons. The van der Waals surface area contributed by atoms with Crippen LogP contribution in [0.4, 0.5) is 0 Å². The maximum Gasteiger partial charge on any atom is 0.103 e. The van der Waals surface area contributed by atoms with Gasteiger partial charge in [-0.2, -0.15) is 5.26 Å². The predicted octanol–water partition coefficient (Wildman–Crippen LogP) is 1.81. The summed E-state index contributed by atoms with van der Waals surface area (Å²) in [6.07, 6.45) is 0. The van der Waals surface area contributed by atoms with Gasteiger partial charge in [-0.05, 0) is 30.3 Å². The first-order chi connectivity index (χ1) is 7.07. The Morgan fingerprint density at radius 3 is 2.93 bits per heavy atom. The third-order valence-electron chi connectivity index (χ3n) is 2.91. The number of rotatable bonds is 0. The van der Waals surface area contributed by atoms with E-state index in [0.717, 1.165) is 16.4 Å². The van der Waals surface area contributed by atoms with E-state index in [-0.39, 0.29) is 0 Å². The third-order valence-corrected chi connectivity index (χ3v) is 3.42. The van der Waals surface area contributed by atoms with Gasteiger partial charge in [-0.25, -0.2) is 0 Å². The molecule has 0 saturated carbocycles. The Hall–Kier alpha value is -0.900. The topological polar surface area (TPSA) is 33.0 Å². The zero-order chi connectivity index (χ0) is 11.1. The number of ether oxygens (including phenoxy) is 1. The summed E-state index contributed by atoms with van der Waals surface area (Å²) in [5.41, 5.74) is 2.98. The second kappa shape index (κ2) is 3.59. The molecular formula is C12H14NOP. The van der Waals surface area contributed by atoms with Gasteiger partial charge in [-0.1, -0.05) is 17.7 Å². The van der Waals surface area contributed by atoms with Gasteiger partial charge in [0.2, 0.25) is 0 Å². The van der Waals surface area contributed by atoms with Crippen molar-refractivity contribution in [2.75, 3.05) is 6.61 Å². The van der Waals surface area contributed by atoms with Crippen molar-refractivity contribution in [3.63, 3.8) is 0 Å². The van der Waals surface area contributed by atoms with Crippen molar-refractivity contribution in [3.8, 4) is 6.07 Å². The first-order valence-electron chi connectivity index (χ1n) is 4.95. The number of nitriles is 1. The van der Waals surface area contributed by atoms with Crippen LogP contribution in [0.2, 0.25) is 0 Å². The molecule has 0 N–H and O–H groups in total. The second-order valence-corrected chi connectivity index (χ2v) is 4.94. The highest BCUT2D eigenvalue weighted by molar-refractivity contribution is 7.27. The molecule has 1 aromatic carbocycles. The molecule has 1 aromatic rings. The lowest BCUT2D eigenvalue weighted by Crippen LogP contribution is -2.34. The molecule has 0 saturated heterocycles. The lowest BCUT2D eigenvalue weighted by Gasteiger charge is -2.31. The highest BCUT2D eigenvalue weighted by atomic mass is 31.0. The van der Waals surface area contributed by atoms with Crippen LogP contribution in [0.15, 0.2) is 12.1 Å². The fourth-order valence-corrected chi connectivity index (χ4v) is 2.53. The van der Waals surface area contributed by atoms with Crippen molar-refractivity contribution in [2.24, 2.45) is 0 Å². The molecule has 1 aliphatic rings. The summed E-state index contributed by atoms with van der Waals surface area (Å²) in [6, 6.07) is 6.57. The van der Waals surface area contributed by atoms with Crippen LogP contribution in [0.3, 0.4) is 0 Å². The Labute approximate surface area is 92.5 Å². The van der Waals surface area contributed by atoms with Crippen molar-refractivity contribution >= 4 is 14.5 Å². The standard InChI is InChI=1S/C12H14NOP/c1-8-3-10-9(11(15)4-8)5-14-7-12(10,2)6-13/h3-4H,5,7,15H2,1-2H3. The molecule has 2 unspecified atom stereocenters. The van der Waals surface area contributed by atoms with E-state index < -0.39 is 5.41 Å². The molecule has 2 rings (SSSR count). The summed E-state index contributed by atoms with van der Waals surface area (Å²) < 4.78 is 5.49. The summed E-state index contributed by atoms with van der Waals surface area (Å²) >= 11 is 0. The average Bonchev–Trinajstić information content (AvgIpc) is 2.20. The summed E-state index contributed by atoms with van der Waals surface area (Å²) in [7, 11) is 2.72. The van der Waals surface area contributed by atoms with Gasteiger partial charge in [-0.3, -0.25) is 0 Å². The van der Waals surface area contributed by atoms with Crippen LogP contribution in [0.5, 0.6) is 0 Å². The first kappa shape index (κ1) is 10.6. The number of benzene rings is 1. The van der Waals surface area contributed by atoms with Gasteiger partial charge in [0.05, 0.1) is 19.3 Å². The van der Waals surface area contributed by atoms with Crippen molar-refractivity contribution in [1.29, 1.82) is 5.26 Å². The lowest BCUT2D eigenvalue weighted by molar-refractivity contribution is 0.0766. The van der Waals surface area contributed by atoms with Crippen LogP contribution in [0, 0.1) is 18.3 Å². The molecule has 0 spiro atoms. The Kier molecular flexibility index (Phi) is 2.54. The van der Waals surface area contributed by atoms with E-state index in [2.05, 4.69) is 34.4 Å². The summed E-state index contributed by atoms with van der Waals surface area (Å²) in [5.74, 6) is 0. The molecule has 3 heteroatoms. The van der Waals surface area contributed by atoms with Crippen LogP contribution in [0.1, 0.15) is 23.6 Å². The first-order valence-corrected chi connectivity index (χ1v) is 5.53. The molecule has 0 radical (unpaired) electrons. The molecule has 15 heavy (non-hydrogen) atoms. The zero-order valence-electron chi connectivity index (χ0n) is 9.00. The van der Waals surface area contributed by atoms with Crippen molar-refractivity contribution < 1.29 is 4.74 Å². The van der Waals surface area contributed by atoms with E-state index in [0.29, 0.717) is 13.2 Å². The van der Waals surface area contributed by atoms with Crippen LogP contribution in [0.25, 0.3) is 0 Å². The Morgan fingerprint density at radius 2 is 2.27 bits per heavy atom. The van der Waals surface area contributed by atoms with Gasteiger partial charge in [0.15, 0.2) is 0 Å². The smallest absolute Gasteiger partial charge is 0.103 e. The SMILES string of the molecule is Cc1cc(P)c2c(c1)C(C)(C#N)COC2. The van der Waals surface area contributed by atoms with Gasteiger partial charge in [0.1, 0.15) is 5.41 Å². The summed E-state index contributed by atoms with van der Waals surface area (Å²) in [6.45, 7) is 5.10. The quantitative estimate of drug-likeness (QED) is 0.623. The highest BCUT2D eigenvalue weighted by Crippen LogP contribution is 2.32. The molecule has 0 aliphatic carbocycles. The van der Waals surface area contributed by atoms with E-state index >= 15 is 0 Å². The molecule has 0 fully saturated rings. The van der Waals surface area contributed by atoms with Gasteiger partial charge in [0, 0.05) is 0 Å². The van der Waals surface area contributed by atoms with Crippen LogP contribution in [-0.2, 0) is 16.8 Å². The largest absolute Gasteiger partial charge is 0.375 e. The van der Waals surface area contributed by atoms with E-state index in [1.54, 1.807) is 0 Å². The third kappa shape index (κ3) is 1.67. The zero-order valence-corrected chi connectivity index (χ0v) is 10.2. The highest BCUT2D eigenvalue weighted by Gasteiger charge is 2.33. The van der Waals surface area contributed by atoms with Crippen molar-refractivity contribution in [1.82, 2.24) is 0 Å². The predicted molar refractivity (Wildman–Crippen MR) is 63.1 cm³/mol. The number of nitrogens with zero attached hydrogens (tertiary/aromatic N) is 1. The van der Waals surface area contributed by atoms with Gasteiger partial charge >= 0.3 is 0 Å². The minimum atomic E-state index is -0.495. The van der Waals surface area contributed by atoms with E-state index in [1.165, 1.54) is 5.56 Å². The second-order valence-electron chi connectivity index (χ2n) is 4.32. The molecule has 0 aromatic heterocycles. The average molecular weight is 219 g/mol. The number of hydrogen-bond donors (Lipinski definition) is 0. The number of aryl methyl sites for hydroxylation is 1. The van der Waals surface area contributed by atoms with Crippen molar-refractivity contribution in [2.45, 2.75) is 25.9 Å². The molecule has 0 bridgehead atoms. The van der Waals surface area contributed by atoms with E-state index in [4.69, 9.17) is 4.74 Å². The Morgan fingerprint density at radius 1 is 1.53 bits per heavy atom. The van der Waals surface area contributed by atoms with E-state index in [1.807, 2.05) is 6.92 Å². The molecule has 1 heterocycles. The fourth-order valence-electron chi connectivity index (χ4n) is 2.03. The van der Waals surface area contributed by atoms with E-state index in [9.17, 15) is 5.26 Å². The minimum absolute atomic E-state index is 0.490. The van der Waals surface area contributed by atoms with Crippen molar-refractivity contribution in [3.05, 3.63) is 28.8 Å². The Balaban J connectivity index is 2.67. The Bertz CT molecular complexity index is 450. The summed E-state index contributed by atoms with van der Waals surface area (Å²) in [4.78, 5) is 0. The van der Waals surface area contributed by atoms with Gasteiger partial charge in [0.25, 0.3) is 0 Å². The van der Waals surface area contributed by atoms with Crippen LogP contribution < -0.4 is 5.30 Å². The maximum atomic E-state index is 9.24. The van der Waals surface area contributed by atoms with Gasteiger partial charge < -0.3 is 4.74 Å². The maximum absolute atomic E-state index is 9.24. The van der Waals surface area contributed by atoms with Gasteiger partial charge in [-0.15, -0.1) is 9.24 Å². The molecule has 2 nitrogen and oxygen atoms in total. The lowest BCUT2D eigenvalue weighted by atomic mass is 9.80. The normalized spacial score (nSPS) is 24.4. The molecule has 2 atom stereocenters. The van der Waals surface area contributed by atoms with Crippen LogP contribution >= 0.6 is 9.24 Å². The number of hydrogen-bond acceptors (Lipinski definition) is 2. The molecule has 1 aliphatic heterocycles. The fraction of sp³-hybridized carbons (Fsp3) is 0.417. The monoisotopic (exact) mass is 219 g/mol. The summed E-state index contributed by atoms with van der Waals surface area (Å²) in [5, 5.41) is 10.4. The minimum Gasteiger partial charge on any atom is -0.375 e. The number of fused-ring (bicyclic) bond motifs is 1.